The Morgan fingerprint density at radius 1 is 0.842 bits per heavy atom. The lowest BCUT2D eigenvalue weighted by Gasteiger charge is -2.17. The Labute approximate surface area is 214 Å². The highest BCUT2D eigenvalue weighted by Gasteiger charge is 2.37. The summed E-state index contributed by atoms with van der Waals surface area (Å²) in [6, 6.07) is 7.21. The highest BCUT2D eigenvalue weighted by molar-refractivity contribution is 6.03. The van der Waals surface area contributed by atoms with Crippen molar-refractivity contribution < 1.29 is 35.9 Å². The summed E-state index contributed by atoms with van der Waals surface area (Å²) in [6.45, 7) is 7.49. The third-order valence-corrected chi connectivity index (χ3v) is 5.18. The molecule has 0 spiro atoms. The summed E-state index contributed by atoms with van der Waals surface area (Å²) in [5.41, 5.74) is -2.19. The molecule has 1 aromatic heterocycles. The van der Waals surface area contributed by atoms with Crippen LogP contribution in [0.4, 0.5) is 38.0 Å². The number of aromatic nitrogens is 2. The third kappa shape index (κ3) is 7.53. The van der Waals surface area contributed by atoms with E-state index in [9.17, 15) is 35.9 Å². The molecule has 3 aromatic rings. The maximum Gasteiger partial charge on any atom is 0.416 e. The molecule has 3 rings (SSSR count). The van der Waals surface area contributed by atoms with Gasteiger partial charge in [-0.1, -0.05) is 32.9 Å². The lowest BCUT2D eigenvalue weighted by Crippen LogP contribution is -2.19. The second kappa shape index (κ2) is 10.4. The minimum atomic E-state index is -5.10. The van der Waals surface area contributed by atoms with E-state index in [2.05, 4.69) is 20.6 Å². The molecule has 0 saturated heterocycles. The average Bonchev–Trinajstić information content (AvgIpc) is 2.78. The number of hydrogen-bond donors (Lipinski definition) is 2. The molecule has 2 aromatic carbocycles. The van der Waals surface area contributed by atoms with Crippen LogP contribution in [0.3, 0.4) is 0 Å². The molecule has 2 N–H and O–H groups in total. The maximum atomic E-state index is 13.1. The van der Waals surface area contributed by atoms with Gasteiger partial charge < -0.3 is 5.32 Å². The summed E-state index contributed by atoms with van der Waals surface area (Å²) >= 11 is 0. The molecule has 0 aliphatic carbocycles. The number of aryl methyl sites for hydroxylation is 1. The molecule has 6 nitrogen and oxygen atoms in total. The molecule has 1 heterocycles. The van der Waals surface area contributed by atoms with Gasteiger partial charge in [-0.05, 0) is 48.2 Å². The van der Waals surface area contributed by atoms with Crippen molar-refractivity contribution in [2.75, 3.05) is 10.6 Å². The Balaban J connectivity index is 1.84. The van der Waals surface area contributed by atoms with Gasteiger partial charge in [0.15, 0.2) is 0 Å². The molecule has 0 bridgehead atoms. The van der Waals surface area contributed by atoms with E-state index in [-0.39, 0.29) is 23.3 Å². The highest BCUT2D eigenvalue weighted by Crippen LogP contribution is 2.36. The first kappa shape index (κ1) is 28.6. The predicted octanol–water partition coefficient (Wildman–Crippen LogP) is 7.12. The van der Waals surface area contributed by atoms with Crippen LogP contribution in [0.1, 0.15) is 54.2 Å². The van der Waals surface area contributed by atoms with E-state index in [0.717, 1.165) is 0 Å². The number of carbonyl (C=O) groups is 2. The number of anilines is 2. The van der Waals surface area contributed by atoms with Crippen LogP contribution in [0.25, 0.3) is 11.3 Å². The first-order chi connectivity index (χ1) is 17.4. The van der Waals surface area contributed by atoms with Crippen LogP contribution >= 0.6 is 0 Å². The quantitative estimate of drug-likeness (QED) is 0.339. The molecule has 0 aliphatic heterocycles. The van der Waals surface area contributed by atoms with Gasteiger partial charge in [-0.25, -0.2) is 9.97 Å². The Bertz CT molecular complexity index is 1310. The summed E-state index contributed by atoms with van der Waals surface area (Å²) < 4.78 is 78.8. The Kier molecular flexibility index (Phi) is 7.85. The molecule has 0 unspecified atom stereocenters. The largest absolute Gasteiger partial charge is 0.416 e. The number of nitrogens with zero attached hydrogens (tertiary/aromatic N) is 2. The summed E-state index contributed by atoms with van der Waals surface area (Å²) in [6.07, 6.45) is -8.52. The molecular weight excluding hydrogens is 514 g/mol. The zero-order valence-corrected chi connectivity index (χ0v) is 20.8. The van der Waals surface area contributed by atoms with E-state index in [0.29, 0.717) is 41.1 Å². The number of carbonyl (C=O) groups excluding carboxylic acids is 2. The lowest BCUT2D eigenvalue weighted by atomic mass is 9.92. The number of nitrogens with one attached hydrogen (secondary N) is 2. The van der Waals surface area contributed by atoms with Crippen LogP contribution in [-0.2, 0) is 17.1 Å². The zero-order valence-electron chi connectivity index (χ0n) is 20.8. The van der Waals surface area contributed by atoms with Crippen molar-refractivity contribution in [3.05, 3.63) is 70.9 Å². The Morgan fingerprint density at radius 2 is 1.39 bits per heavy atom. The normalized spacial score (nSPS) is 12.3. The van der Waals surface area contributed by atoms with E-state index in [1.165, 1.54) is 6.20 Å². The number of alkyl halides is 6. The molecule has 202 valence electrons. The SMILES string of the molecule is Cc1cnc(NC(=O)c2cc(C(F)(F)F)cc(C(F)(F)F)c2)nc1-c1ccc(NC(=O)CC(C)(C)C)cc1. The molecule has 0 saturated carbocycles. The van der Waals surface area contributed by atoms with Crippen molar-refractivity contribution in [2.24, 2.45) is 5.41 Å². The van der Waals surface area contributed by atoms with Crippen molar-refractivity contribution >= 4 is 23.5 Å². The van der Waals surface area contributed by atoms with Gasteiger partial charge in [0.05, 0.1) is 16.8 Å². The molecule has 0 fully saturated rings. The summed E-state index contributed by atoms with van der Waals surface area (Å²) in [5, 5.41) is 4.95. The van der Waals surface area contributed by atoms with E-state index >= 15 is 0 Å². The van der Waals surface area contributed by atoms with Gasteiger partial charge in [0.1, 0.15) is 0 Å². The van der Waals surface area contributed by atoms with Gasteiger partial charge >= 0.3 is 12.4 Å². The van der Waals surface area contributed by atoms with Crippen molar-refractivity contribution in [2.45, 2.75) is 46.5 Å². The fourth-order valence-corrected chi connectivity index (χ4v) is 3.45. The number of rotatable bonds is 5. The molecule has 0 radical (unpaired) electrons. The topological polar surface area (TPSA) is 84.0 Å². The van der Waals surface area contributed by atoms with Crippen LogP contribution in [0.2, 0.25) is 0 Å². The highest BCUT2D eigenvalue weighted by atomic mass is 19.4. The minimum absolute atomic E-state index is 0.0630. The number of hydrogen-bond acceptors (Lipinski definition) is 4. The first-order valence-electron chi connectivity index (χ1n) is 11.3. The van der Waals surface area contributed by atoms with Crippen molar-refractivity contribution in [3.63, 3.8) is 0 Å². The molecule has 2 amide bonds. The fraction of sp³-hybridized carbons (Fsp3) is 0.308. The molecule has 12 heteroatoms. The smallest absolute Gasteiger partial charge is 0.326 e. The fourth-order valence-electron chi connectivity index (χ4n) is 3.45. The van der Waals surface area contributed by atoms with Crippen LogP contribution in [0.15, 0.2) is 48.7 Å². The van der Waals surface area contributed by atoms with Crippen LogP contribution in [0, 0.1) is 12.3 Å². The van der Waals surface area contributed by atoms with Crippen LogP contribution < -0.4 is 10.6 Å². The zero-order chi connectivity index (χ0) is 28.5. The Hall–Kier alpha value is -3.96. The second-order valence-corrected chi connectivity index (χ2v) is 9.84. The molecule has 0 aliphatic rings. The van der Waals surface area contributed by atoms with Gasteiger partial charge in [-0.2, -0.15) is 26.3 Å². The van der Waals surface area contributed by atoms with Crippen molar-refractivity contribution in [1.29, 1.82) is 0 Å². The summed E-state index contributed by atoms with van der Waals surface area (Å²) in [7, 11) is 0. The minimum Gasteiger partial charge on any atom is -0.326 e. The van der Waals surface area contributed by atoms with E-state index < -0.39 is 35.0 Å². The predicted molar refractivity (Wildman–Crippen MR) is 129 cm³/mol. The lowest BCUT2D eigenvalue weighted by molar-refractivity contribution is -0.143. The first-order valence-corrected chi connectivity index (χ1v) is 11.3. The van der Waals surface area contributed by atoms with E-state index in [1.807, 2.05) is 20.8 Å². The van der Waals surface area contributed by atoms with Crippen LogP contribution in [-0.4, -0.2) is 21.8 Å². The van der Waals surface area contributed by atoms with Crippen molar-refractivity contribution in [1.82, 2.24) is 9.97 Å². The monoisotopic (exact) mass is 538 g/mol. The molecular formula is C26H24F6N4O2. The number of halogens is 6. The average molecular weight is 538 g/mol. The summed E-state index contributed by atoms with van der Waals surface area (Å²) in [5.74, 6) is -1.71. The summed E-state index contributed by atoms with van der Waals surface area (Å²) in [4.78, 5) is 32.9. The van der Waals surface area contributed by atoms with E-state index in [4.69, 9.17) is 0 Å². The van der Waals surface area contributed by atoms with E-state index in [1.54, 1.807) is 31.2 Å². The van der Waals surface area contributed by atoms with Gasteiger partial charge in [0, 0.05) is 29.4 Å². The van der Waals surface area contributed by atoms with Gasteiger partial charge in [-0.3, -0.25) is 14.9 Å². The van der Waals surface area contributed by atoms with Gasteiger partial charge in [0.25, 0.3) is 5.91 Å². The van der Waals surface area contributed by atoms with Crippen LogP contribution in [0.5, 0.6) is 0 Å². The van der Waals surface area contributed by atoms with Gasteiger partial charge in [0.2, 0.25) is 11.9 Å². The molecule has 0 atom stereocenters. The second-order valence-electron chi connectivity index (χ2n) is 9.84. The third-order valence-electron chi connectivity index (χ3n) is 5.18. The Morgan fingerprint density at radius 3 is 1.89 bits per heavy atom. The van der Waals surface area contributed by atoms with Crippen molar-refractivity contribution in [3.8, 4) is 11.3 Å². The molecule has 38 heavy (non-hydrogen) atoms. The maximum absolute atomic E-state index is 13.1. The number of amides is 2. The standard InChI is InChI=1S/C26H24F6N4O2/c1-14-13-33-23(35-21(14)15-5-7-19(8-6-15)34-20(37)12-24(2,3)4)36-22(38)16-9-17(25(27,28)29)11-18(10-16)26(30,31)32/h5-11,13H,12H2,1-4H3,(H,34,37)(H,33,35,36,38). The number of benzene rings is 2. The van der Waals surface area contributed by atoms with Gasteiger partial charge in [-0.15, -0.1) is 0 Å².